The zero-order chi connectivity index (χ0) is 32.1. The molecule has 0 bridgehead atoms. The van der Waals surface area contributed by atoms with Gasteiger partial charge in [-0.05, 0) is 40.8 Å². The number of benzene rings is 6. The first-order valence-corrected chi connectivity index (χ1v) is 14.8. The number of rotatable bonds is 4. The number of hydrogen-bond acceptors (Lipinski definition) is 3. The molecule has 0 spiro atoms. The molecular weight excluding hydrogens is 593 g/mol. The number of pyridine rings is 1. The zero-order valence-corrected chi connectivity index (χ0v) is 24.5. The maximum absolute atomic E-state index is 14.5. The molecule has 0 unspecified atom stereocenters. The highest BCUT2D eigenvalue weighted by Gasteiger charge is 2.23. The van der Waals surface area contributed by atoms with E-state index in [0.717, 1.165) is 28.6 Å². The van der Waals surface area contributed by atoms with Crippen molar-refractivity contribution in [3.63, 3.8) is 0 Å². The Labute approximate surface area is 267 Å². The summed E-state index contributed by atoms with van der Waals surface area (Å²) in [6, 6.07) is 37.8. The van der Waals surface area contributed by atoms with Gasteiger partial charge in [0, 0.05) is 27.5 Å². The van der Waals surface area contributed by atoms with Crippen LogP contribution in [0.15, 0.2) is 127 Å². The van der Waals surface area contributed by atoms with E-state index in [-0.39, 0.29) is 5.56 Å². The van der Waals surface area contributed by atoms with E-state index in [4.69, 9.17) is 21.5 Å². The van der Waals surface area contributed by atoms with Gasteiger partial charge < -0.3 is 0 Å². The van der Waals surface area contributed by atoms with Crippen LogP contribution in [0, 0.1) is 24.0 Å². The van der Waals surface area contributed by atoms with Gasteiger partial charge in [-0.2, -0.15) is 0 Å². The fraction of sp³-hybridized carbons (Fsp3) is 0. The van der Waals surface area contributed by atoms with E-state index in [0.29, 0.717) is 61.2 Å². The largest absolute Gasteiger partial charge is 0.247 e. The summed E-state index contributed by atoms with van der Waals surface area (Å²) in [5.74, 6) is -4.12. The Morgan fingerprint density at radius 1 is 0.489 bits per heavy atom. The lowest BCUT2D eigenvalue weighted by atomic mass is 9.92. The second-order valence-electron chi connectivity index (χ2n) is 11.1. The van der Waals surface area contributed by atoms with E-state index in [1.165, 1.54) is 0 Å². The van der Waals surface area contributed by atoms with Crippen LogP contribution in [0.1, 0.15) is 0 Å². The van der Waals surface area contributed by atoms with Crippen molar-refractivity contribution in [3.05, 3.63) is 156 Å². The molecule has 0 aliphatic rings. The molecule has 0 saturated heterocycles. The maximum atomic E-state index is 14.5. The van der Waals surface area contributed by atoms with Gasteiger partial charge in [0.1, 0.15) is 0 Å². The highest BCUT2D eigenvalue weighted by molar-refractivity contribution is 6.25. The van der Waals surface area contributed by atoms with Gasteiger partial charge >= 0.3 is 0 Å². The second-order valence-corrected chi connectivity index (χ2v) is 11.1. The summed E-state index contributed by atoms with van der Waals surface area (Å²) in [5, 5.41) is 1.97. The van der Waals surface area contributed by atoms with Gasteiger partial charge in [0.2, 0.25) is 0 Å². The van der Waals surface area contributed by atoms with Gasteiger partial charge in [-0.15, -0.1) is 0 Å². The molecule has 8 rings (SSSR count). The zero-order valence-electron chi connectivity index (χ0n) is 24.5. The van der Waals surface area contributed by atoms with Crippen LogP contribution >= 0.6 is 0 Å². The molecule has 0 aliphatic heterocycles. The Hall–Kier alpha value is -6.39. The van der Waals surface area contributed by atoms with Crippen molar-refractivity contribution in [2.45, 2.75) is 0 Å². The SMILES string of the molecule is [C-]#[N+]c1cc2nc(-c3ccccc3)c(-c3ccccc3)nc2c2c(-c3ccccc3-c3cc(F)c(F)c(F)c3)nc3ccccc3c12. The Kier molecular flexibility index (Phi) is 6.70. The van der Waals surface area contributed by atoms with Crippen LogP contribution in [-0.4, -0.2) is 15.0 Å². The molecule has 0 aliphatic carbocycles. The molecule has 0 fully saturated rings. The highest BCUT2D eigenvalue weighted by atomic mass is 19.2. The van der Waals surface area contributed by atoms with Gasteiger partial charge in [-0.1, -0.05) is 103 Å². The molecule has 222 valence electrons. The van der Waals surface area contributed by atoms with Crippen molar-refractivity contribution < 1.29 is 13.2 Å². The molecular formula is C40H21F3N4. The topological polar surface area (TPSA) is 43.0 Å². The predicted octanol–water partition coefficient (Wildman–Crippen LogP) is 11.0. The van der Waals surface area contributed by atoms with Crippen LogP contribution in [0.2, 0.25) is 0 Å². The number of fused-ring (bicyclic) bond motifs is 5. The molecule has 6 aromatic carbocycles. The van der Waals surface area contributed by atoms with Crippen molar-refractivity contribution in [1.82, 2.24) is 15.0 Å². The Morgan fingerprint density at radius 2 is 1.04 bits per heavy atom. The number of nitrogens with zero attached hydrogens (tertiary/aromatic N) is 4. The van der Waals surface area contributed by atoms with E-state index in [1.54, 1.807) is 30.3 Å². The van der Waals surface area contributed by atoms with E-state index >= 15 is 0 Å². The van der Waals surface area contributed by atoms with Crippen molar-refractivity contribution in [3.8, 4) is 44.9 Å². The fourth-order valence-corrected chi connectivity index (χ4v) is 6.17. The van der Waals surface area contributed by atoms with Gasteiger partial charge in [-0.3, -0.25) is 0 Å². The van der Waals surface area contributed by atoms with Crippen LogP contribution in [0.25, 0.3) is 82.5 Å². The summed E-state index contributed by atoms with van der Waals surface area (Å²) in [6.07, 6.45) is 0. The van der Waals surface area contributed by atoms with Crippen LogP contribution in [-0.2, 0) is 0 Å². The normalized spacial score (nSPS) is 11.3. The molecule has 2 aromatic heterocycles. The first-order chi connectivity index (χ1) is 23.0. The summed E-state index contributed by atoms with van der Waals surface area (Å²) in [6.45, 7) is 8.23. The van der Waals surface area contributed by atoms with Crippen molar-refractivity contribution in [1.29, 1.82) is 0 Å². The van der Waals surface area contributed by atoms with Gasteiger partial charge in [0.15, 0.2) is 23.1 Å². The van der Waals surface area contributed by atoms with Gasteiger partial charge in [0.25, 0.3) is 0 Å². The number of para-hydroxylation sites is 1. The molecule has 0 atom stereocenters. The van der Waals surface area contributed by atoms with Crippen LogP contribution in [0.5, 0.6) is 0 Å². The molecule has 2 heterocycles. The molecule has 0 amide bonds. The summed E-state index contributed by atoms with van der Waals surface area (Å²) < 4.78 is 43.1. The van der Waals surface area contributed by atoms with Crippen molar-refractivity contribution >= 4 is 38.4 Å². The summed E-state index contributed by atoms with van der Waals surface area (Å²) >= 11 is 0. The number of halogens is 3. The molecule has 0 N–H and O–H groups in total. The Bertz CT molecular complexity index is 2540. The third-order valence-electron chi connectivity index (χ3n) is 8.27. The second kappa shape index (κ2) is 11.2. The standard InChI is InChI=1S/C40H21F3N4/c1-44-32-22-33-40(47-38(24-14-6-3-7-15-24)37(46-33)23-12-4-2-5-13-23)35-34(32)28-18-10-11-19-31(28)45-39(35)27-17-9-8-16-26(27)25-20-29(41)36(43)30(42)21-25/h2-22H. The lowest BCUT2D eigenvalue weighted by Gasteiger charge is -2.18. The minimum absolute atomic E-state index is 0.146. The lowest BCUT2D eigenvalue weighted by Crippen LogP contribution is -1.99. The van der Waals surface area contributed by atoms with Crippen molar-refractivity contribution in [2.75, 3.05) is 0 Å². The molecule has 47 heavy (non-hydrogen) atoms. The van der Waals surface area contributed by atoms with E-state index < -0.39 is 17.5 Å². The van der Waals surface area contributed by atoms with E-state index in [1.807, 2.05) is 84.9 Å². The molecule has 4 nitrogen and oxygen atoms in total. The molecule has 7 heteroatoms. The third-order valence-corrected chi connectivity index (χ3v) is 8.27. The van der Waals surface area contributed by atoms with Gasteiger partial charge in [-0.25, -0.2) is 33.0 Å². The Balaban J connectivity index is 1.56. The fourth-order valence-electron chi connectivity index (χ4n) is 6.17. The van der Waals surface area contributed by atoms with Crippen LogP contribution in [0.3, 0.4) is 0 Å². The predicted molar refractivity (Wildman–Crippen MR) is 180 cm³/mol. The van der Waals surface area contributed by atoms with Gasteiger partial charge in [0.05, 0.1) is 40.2 Å². The van der Waals surface area contributed by atoms with Crippen molar-refractivity contribution in [2.24, 2.45) is 0 Å². The summed E-state index contributed by atoms with van der Waals surface area (Å²) in [5.41, 5.74) is 6.62. The molecule has 8 aromatic rings. The summed E-state index contributed by atoms with van der Waals surface area (Å²) in [7, 11) is 0. The maximum Gasteiger partial charge on any atom is 0.197 e. The van der Waals surface area contributed by atoms with E-state index in [2.05, 4.69) is 4.85 Å². The van der Waals surface area contributed by atoms with Crippen LogP contribution < -0.4 is 0 Å². The Morgan fingerprint density at radius 3 is 1.70 bits per heavy atom. The number of hydrogen-bond donors (Lipinski definition) is 0. The minimum Gasteiger partial charge on any atom is -0.247 e. The highest BCUT2D eigenvalue weighted by Crippen LogP contribution is 2.45. The summed E-state index contributed by atoms with van der Waals surface area (Å²) in [4.78, 5) is 19.5. The average Bonchev–Trinajstić information content (AvgIpc) is 3.13. The average molecular weight is 615 g/mol. The smallest absolute Gasteiger partial charge is 0.197 e. The van der Waals surface area contributed by atoms with E-state index in [9.17, 15) is 13.2 Å². The quantitative estimate of drug-likeness (QED) is 0.113. The van der Waals surface area contributed by atoms with Crippen LogP contribution in [0.4, 0.5) is 18.9 Å². The molecule has 0 saturated carbocycles. The first-order valence-electron chi connectivity index (χ1n) is 14.8. The minimum atomic E-state index is -1.54. The number of aromatic nitrogens is 3. The lowest BCUT2D eigenvalue weighted by molar-refractivity contribution is 0.448. The monoisotopic (exact) mass is 614 g/mol. The third kappa shape index (κ3) is 4.66. The first kappa shape index (κ1) is 28.1. The molecule has 0 radical (unpaired) electrons.